The Morgan fingerprint density at radius 1 is 1.07 bits per heavy atom. The molecule has 2 heterocycles. The summed E-state index contributed by atoms with van der Waals surface area (Å²) in [5, 5.41) is 3.31. The molecule has 0 unspecified atom stereocenters. The summed E-state index contributed by atoms with van der Waals surface area (Å²) >= 11 is 0. The van der Waals surface area contributed by atoms with Crippen molar-refractivity contribution in [2.75, 3.05) is 59.0 Å². The highest BCUT2D eigenvalue weighted by molar-refractivity contribution is 5.77. The van der Waals surface area contributed by atoms with Gasteiger partial charge in [-0.25, -0.2) is 4.98 Å². The number of benzene rings is 2. The minimum atomic E-state index is 0.529. The second-order valence-corrected chi connectivity index (χ2v) is 6.88. The number of rotatable bonds is 8. The molecule has 0 atom stereocenters. The SMILES string of the molecule is COc1cc(Nc2cnc3ccccc3n2)c(OCCN2CCOCC2)c(OC)c1. The van der Waals surface area contributed by atoms with Gasteiger partial charge in [0, 0.05) is 31.8 Å². The van der Waals surface area contributed by atoms with E-state index in [1.54, 1.807) is 26.5 Å². The van der Waals surface area contributed by atoms with E-state index in [0.29, 0.717) is 35.4 Å². The number of nitrogens with zero attached hydrogens (tertiary/aromatic N) is 3. The summed E-state index contributed by atoms with van der Waals surface area (Å²) in [6.45, 7) is 4.70. The van der Waals surface area contributed by atoms with E-state index in [9.17, 15) is 0 Å². The normalized spacial score (nSPS) is 14.5. The molecule has 0 saturated carbocycles. The Bertz CT molecular complexity index is 992. The number of aromatic nitrogens is 2. The van der Waals surface area contributed by atoms with E-state index >= 15 is 0 Å². The summed E-state index contributed by atoms with van der Waals surface area (Å²) in [6, 6.07) is 11.4. The number of ether oxygens (including phenoxy) is 4. The lowest BCUT2D eigenvalue weighted by molar-refractivity contribution is 0.0321. The number of para-hydroxylation sites is 2. The number of hydrogen-bond acceptors (Lipinski definition) is 8. The van der Waals surface area contributed by atoms with Gasteiger partial charge in [0.25, 0.3) is 0 Å². The number of hydrogen-bond donors (Lipinski definition) is 1. The van der Waals surface area contributed by atoms with E-state index in [1.165, 1.54) is 0 Å². The third-order valence-corrected chi connectivity index (χ3v) is 4.95. The van der Waals surface area contributed by atoms with E-state index in [0.717, 1.165) is 43.9 Å². The number of nitrogens with one attached hydrogen (secondary N) is 1. The van der Waals surface area contributed by atoms with Gasteiger partial charge in [0.1, 0.15) is 18.2 Å². The van der Waals surface area contributed by atoms with E-state index in [-0.39, 0.29) is 0 Å². The van der Waals surface area contributed by atoms with Gasteiger partial charge in [-0.15, -0.1) is 0 Å². The molecule has 158 valence electrons. The second-order valence-electron chi connectivity index (χ2n) is 6.88. The van der Waals surface area contributed by atoms with Crippen molar-refractivity contribution in [3.63, 3.8) is 0 Å². The molecule has 1 fully saturated rings. The van der Waals surface area contributed by atoms with Crippen LogP contribution in [0, 0.1) is 0 Å². The molecule has 0 spiro atoms. The molecule has 3 aromatic rings. The number of anilines is 2. The van der Waals surface area contributed by atoms with Crippen LogP contribution in [0.3, 0.4) is 0 Å². The van der Waals surface area contributed by atoms with Crippen molar-refractivity contribution in [1.29, 1.82) is 0 Å². The molecule has 2 aromatic carbocycles. The summed E-state index contributed by atoms with van der Waals surface area (Å²) in [5.41, 5.74) is 2.36. The zero-order valence-electron chi connectivity index (χ0n) is 17.3. The van der Waals surface area contributed by atoms with Crippen LogP contribution in [-0.2, 0) is 4.74 Å². The van der Waals surface area contributed by atoms with Gasteiger partial charge >= 0.3 is 0 Å². The summed E-state index contributed by atoms with van der Waals surface area (Å²) in [4.78, 5) is 11.4. The zero-order valence-corrected chi connectivity index (χ0v) is 17.3. The van der Waals surface area contributed by atoms with Crippen LogP contribution in [0.25, 0.3) is 11.0 Å². The van der Waals surface area contributed by atoms with Gasteiger partial charge in [-0.05, 0) is 12.1 Å². The Morgan fingerprint density at radius 2 is 1.87 bits per heavy atom. The van der Waals surface area contributed by atoms with Gasteiger partial charge in [-0.1, -0.05) is 12.1 Å². The Morgan fingerprint density at radius 3 is 2.63 bits per heavy atom. The first kappa shape index (κ1) is 20.2. The van der Waals surface area contributed by atoms with Crippen LogP contribution < -0.4 is 19.5 Å². The number of methoxy groups -OCH3 is 2. The van der Waals surface area contributed by atoms with Crippen molar-refractivity contribution in [3.8, 4) is 17.2 Å². The van der Waals surface area contributed by atoms with Gasteiger partial charge < -0.3 is 24.3 Å². The highest BCUT2D eigenvalue weighted by Gasteiger charge is 2.17. The molecule has 0 bridgehead atoms. The number of morpholine rings is 1. The molecule has 4 rings (SSSR count). The maximum absolute atomic E-state index is 6.15. The molecule has 0 aliphatic carbocycles. The molecule has 30 heavy (non-hydrogen) atoms. The van der Waals surface area contributed by atoms with E-state index in [1.807, 2.05) is 30.3 Å². The average Bonchev–Trinajstić information content (AvgIpc) is 2.80. The Labute approximate surface area is 175 Å². The molecule has 1 N–H and O–H groups in total. The largest absolute Gasteiger partial charge is 0.497 e. The van der Waals surface area contributed by atoms with E-state index in [4.69, 9.17) is 18.9 Å². The predicted octanol–water partition coefficient (Wildman–Crippen LogP) is 3.10. The van der Waals surface area contributed by atoms with Crippen LogP contribution in [0.1, 0.15) is 0 Å². The lowest BCUT2D eigenvalue weighted by atomic mass is 10.2. The third kappa shape index (κ3) is 4.72. The maximum Gasteiger partial charge on any atom is 0.185 e. The van der Waals surface area contributed by atoms with Gasteiger partial charge in [0.2, 0.25) is 0 Å². The minimum Gasteiger partial charge on any atom is -0.497 e. The highest BCUT2D eigenvalue weighted by Crippen LogP contribution is 2.40. The first-order valence-corrected chi connectivity index (χ1v) is 9.94. The zero-order chi connectivity index (χ0) is 20.8. The topological polar surface area (TPSA) is 78.0 Å². The average molecular weight is 410 g/mol. The Hall–Kier alpha value is -3.10. The molecular formula is C22H26N4O4. The minimum absolute atomic E-state index is 0.529. The third-order valence-electron chi connectivity index (χ3n) is 4.95. The fourth-order valence-corrected chi connectivity index (χ4v) is 3.35. The quantitative estimate of drug-likeness (QED) is 0.607. The number of fused-ring (bicyclic) bond motifs is 1. The summed E-state index contributed by atoms with van der Waals surface area (Å²) in [6.07, 6.45) is 1.70. The van der Waals surface area contributed by atoms with Crippen LogP contribution in [0.4, 0.5) is 11.5 Å². The van der Waals surface area contributed by atoms with Crippen LogP contribution >= 0.6 is 0 Å². The smallest absolute Gasteiger partial charge is 0.185 e. The van der Waals surface area contributed by atoms with Gasteiger partial charge in [-0.3, -0.25) is 9.88 Å². The Balaban J connectivity index is 1.57. The molecule has 1 saturated heterocycles. The highest BCUT2D eigenvalue weighted by atomic mass is 16.5. The standard InChI is InChI=1S/C22H26N4O4/c1-27-16-13-19(25-21-15-23-17-5-3-4-6-18(17)24-21)22(20(14-16)28-2)30-12-9-26-7-10-29-11-8-26/h3-6,13-15H,7-12H2,1-2H3,(H,24,25). The van der Waals surface area contributed by atoms with Crippen LogP contribution in [0.5, 0.6) is 17.2 Å². The molecule has 1 aromatic heterocycles. The van der Waals surface area contributed by atoms with E-state index < -0.39 is 0 Å². The summed E-state index contributed by atoms with van der Waals surface area (Å²) < 4.78 is 22.5. The van der Waals surface area contributed by atoms with Gasteiger partial charge in [0.15, 0.2) is 11.5 Å². The van der Waals surface area contributed by atoms with Gasteiger partial charge in [0.05, 0.1) is 50.4 Å². The fraction of sp³-hybridized carbons (Fsp3) is 0.364. The molecule has 8 nitrogen and oxygen atoms in total. The monoisotopic (exact) mass is 410 g/mol. The van der Waals surface area contributed by atoms with E-state index in [2.05, 4.69) is 20.2 Å². The lowest BCUT2D eigenvalue weighted by Gasteiger charge is -2.26. The summed E-state index contributed by atoms with van der Waals surface area (Å²) in [5.74, 6) is 2.47. The van der Waals surface area contributed by atoms with Crippen molar-refractivity contribution >= 4 is 22.5 Å². The maximum atomic E-state index is 6.15. The van der Waals surface area contributed by atoms with Crippen molar-refractivity contribution in [1.82, 2.24) is 14.9 Å². The van der Waals surface area contributed by atoms with Crippen LogP contribution in [0.2, 0.25) is 0 Å². The van der Waals surface area contributed by atoms with Crippen molar-refractivity contribution in [3.05, 3.63) is 42.6 Å². The molecule has 1 aliphatic heterocycles. The summed E-state index contributed by atoms with van der Waals surface area (Å²) in [7, 11) is 3.23. The second kappa shape index (κ2) is 9.60. The molecule has 8 heteroatoms. The lowest BCUT2D eigenvalue weighted by Crippen LogP contribution is -2.38. The molecular weight excluding hydrogens is 384 g/mol. The van der Waals surface area contributed by atoms with Crippen molar-refractivity contribution in [2.45, 2.75) is 0 Å². The van der Waals surface area contributed by atoms with Crippen molar-refractivity contribution in [2.24, 2.45) is 0 Å². The van der Waals surface area contributed by atoms with Crippen LogP contribution in [-0.4, -0.2) is 68.5 Å². The Kier molecular flexibility index (Phi) is 6.46. The van der Waals surface area contributed by atoms with Crippen LogP contribution in [0.15, 0.2) is 42.6 Å². The molecule has 0 radical (unpaired) electrons. The van der Waals surface area contributed by atoms with Gasteiger partial charge in [-0.2, -0.15) is 0 Å². The first-order chi connectivity index (χ1) is 14.8. The molecule has 1 aliphatic rings. The fourth-order valence-electron chi connectivity index (χ4n) is 3.35. The first-order valence-electron chi connectivity index (χ1n) is 9.94. The molecule has 0 amide bonds. The predicted molar refractivity (Wildman–Crippen MR) is 115 cm³/mol. The van der Waals surface area contributed by atoms with Crippen molar-refractivity contribution < 1.29 is 18.9 Å².